The zero-order valence-electron chi connectivity index (χ0n) is 17.9. The third kappa shape index (κ3) is 4.24. The van der Waals surface area contributed by atoms with Gasteiger partial charge < -0.3 is 9.32 Å². The number of oxazole rings is 1. The van der Waals surface area contributed by atoms with E-state index in [0.717, 1.165) is 28.6 Å². The van der Waals surface area contributed by atoms with Crippen LogP contribution in [0.5, 0.6) is 0 Å². The molecule has 4 nitrogen and oxygen atoms in total. The molecule has 3 aromatic carbocycles. The fourth-order valence-electron chi connectivity index (χ4n) is 4.21. The molecule has 5 rings (SSSR count). The van der Waals surface area contributed by atoms with Crippen LogP contribution in [0.15, 0.2) is 77.2 Å². The molecule has 0 spiro atoms. The Bertz CT molecular complexity index is 1210. The normalized spacial score (nSPS) is 17.6. The number of hydrogen-bond acceptors (Lipinski definition) is 3. The smallest absolute Gasteiger partial charge is 0.227 e. The van der Waals surface area contributed by atoms with Gasteiger partial charge in [-0.3, -0.25) is 4.79 Å². The van der Waals surface area contributed by atoms with E-state index in [-0.39, 0.29) is 11.8 Å². The number of amides is 1. The average Bonchev–Trinajstić information content (AvgIpc) is 3.48. The Morgan fingerprint density at radius 2 is 1.71 bits per heavy atom. The van der Waals surface area contributed by atoms with Crippen molar-refractivity contribution in [3.63, 3.8) is 0 Å². The predicted octanol–water partition coefficient (Wildman–Crippen LogP) is 5.78. The minimum atomic E-state index is 0.0273. The summed E-state index contributed by atoms with van der Waals surface area (Å²) >= 11 is 0. The summed E-state index contributed by atoms with van der Waals surface area (Å²) in [6, 6.07) is 24.7. The molecule has 1 heterocycles. The Hall–Kier alpha value is -3.40. The van der Waals surface area contributed by atoms with Crippen LogP contribution >= 0.6 is 0 Å². The SMILES string of the molecule is Cc1ccc(CN(Cc2nc3cc(C)ccc3o2)C(=O)[C@@H]2C[C@@H]2c2ccccc2)cc1. The van der Waals surface area contributed by atoms with Crippen LogP contribution in [0, 0.1) is 19.8 Å². The van der Waals surface area contributed by atoms with Crippen LogP contribution in [0.25, 0.3) is 11.1 Å². The van der Waals surface area contributed by atoms with Crippen LogP contribution in [0.4, 0.5) is 0 Å². The molecule has 1 fully saturated rings. The summed E-state index contributed by atoms with van der Waals surface area (Å²) in [5, 5.41) is 0. The summed E-state index contributed by atoms with van der Waals surface area (Å²) < 4.78 is 5.97. The quantitative estimate of drug-likeness (QED) is 0.405. The molecule has 1 aromatic heterocycles. The van der Waals surface area contributed by atoms with Crippen molar-refractivity contribution in [1.82, 2.24) is 9.88 Å². The highest BCUT2D eigenvalue weighted by Gasteiger charge is 2.45. The zero-order chi connectivity index (χ0) is 21.4. The summed E-state index contributed by atoms with van der Waals surface area (Å²) in [6.45, 7) is 5.03. The van der Waals surface area contributed by atoms with Gasteiger partial charge in [-0.2, -0.15) is 0 Å². The highest BCUT2D eigenvalue weighted by atomic mass is 16.3. The van der Waals surface area contributed by atoms with Crippen LogP contribution in [0.1, 0.15) is 40.5 Å². The van der Waals surface area contributed by atoms with Crippen molar-refractivity contribution in [2.45, 2.75) is 39.3 Å². The Morgan fingerprint density at radius 3 is 2.48 bits per heavy atom. The van der Waals surface area contributed by atoms with E-state index in [2.05, 4.69) is 48.3 Å². The van der Waals surface area contributed by atoms with Crippen molar-refractivity contribution in [1.29, 1.82) is 0 Å². The maximum absolute atomic E-state index is 13.5. The molecule has 4 aromatic rings. The third-order valence-electron chi connectivity index (χ3n) is 6.05. The molecule has 31 heavy (non-hydrogen) atoms. The van der Waals surface area contributed by atoms with E-state index in [1.54, 1.807) is 0 Å². The van der Waals surface area contributed by atoms with Gasteiger partial charge >= 0.3 is 0 Å². The van der Waals surface area contributed by atoms with E-state index >= 15 is 0 Å². The molecular weight excluding hydrogens is 384 g/mol. The Balaban J connectivity index is 1.39. The van der Waals surface area contributed by atoms with Gasteiger partial charge in [0.05, 0.1) is 6.54 Å². The standard InChI is InChI=1S/C27H26N2O2/c1-18-8-11-20(12-9-18)16-29(17-26-28-24-14-19(2)10-13-25(24)31-26)27(30)23-15-22(23)21-6-4-3-5-7-21/h3-14,22-23H,15-17H2,1-2H3/t22-,23-/m1/s1. The molecule has 0 radical (unpaired) electrons. The molecule has 1 saturated carbocycles. The minimum Gasteiger partial charge on any atom is -0.439 e. The van der Waals surface area contributed by atoms with Crippen molar-refractivity contribution in [3.8, 4) is 0 Å². The molecule has 0 saturated heterocycles. The zero-order valence-corrected chi connectivity index (χ0v) is 17.9. The van der Waals surface area contributed by atoms with Gasteiger partial charge in [0.15, 0.2) is 5.58 Å². The first-order valence-corrected chi connectivity index (χ1v) is 10.8. The first-order valence-electron chi connectivity index (χ1n) is 10.8. The lowest BCUT2D eigenvalue weighted by Gasteiger charge is -2.22. The van der Waals surface area contributed by atoms with Gasteiger partial charge in [-0.25, -0.2) is 4.98 Å². The maximum Gasteiger partial charge on any atom is 0.227 e. The van der Waals surface area contributed by atoms with Crippen molar-refractivity contribution >= 4 is 17.0 Å². The van der Waals surface area contributed by atoms with E-state index in [0.29, 0.717) is 24.9 Å². The van der Waals surface area contributed by atoms with Crippen molar-refractivity contribution in [2.75, 3.05) is 0 Å². The molecule has 1 amide bonds. The Morgan fingerprint density at radius 1 is 0.968 bits per heavy atom. The molecule has 4 heteroatoms. The molecule has 2 atom stereocenters. The number of carbonyl (C=O) groups is 1. The first-order chi connectivity index (χ1) is 15.1. The maximum atomic E-state index is 13.5. The second-order valence-corrected chi connectivity index (χ2v) is 8.62. The van der Waals surface area contributed by atoms with Crippen molar-refractivity contribution in [3.05, 3.63) is 101 Å². The number of hydrogen-bond donors (Lipinski definition) is 0. The Labute approximate surface area is 182 Å². The first kappa shape index (κ1) is 19.6. The largest absolute Gasteiger partial charge is 0.439 e. The van der Waals surface area contributed by atoms with Crippen LogP contribution in [0.3, 0.4) is 0 Å². The lowest BCUT2D eigenvalue weighted by molar-refractivity contribution is -0.134. The molecule has 0 bridgehead atoms. The van der Waals surface area contributed by atoms with Crippen molar-refractivity contribution in [2.24, 2.45) is 5.92 Å². The fraction of sp³-hybridized carbons (Fsp3) is 0.259. The molecule has 0 unspecified atom stereocenters. The molecular formula is C27H26N2O2. The summed E-state index contributed by atoms with van der Waals surface area (Å²) in [4.78, 5) is 20.0. The van der Waals surface area contributed by atoms with Gasteiger partial charge in [0.2, 0.25) is 11.8 Å². The number of aryl methyl sites for hydroxylation is 2. The number of benzene rings is 3. The van der Waals surface area contributed by atoms with Gasteiger partial charge in [0.1, 0.15) is 5.52 Å². The molecule has 1 aliphatic rings. The summed E-state index contributed by atoms with van der Waals surface area (Å²) in [5.74, 6) is 1.09. The van der Waals surface area contributed by atoms with E-state index in [1.807, 2.05) is 48.2 Å². The highest BCUT2D eigenvalue weighted by molar-refractivity contribution is 5.83. The van der Waals surface area contributed by atoms with Crippen LogP contribution in [0.2, 0.25) is 0 Å². The lowest BCUT2D eigenvalue weighted by Crippen LogP contribution is -2.31. The minimum absolute atomic E-state index is 0.0273. The second kappa shape index (κ2) is 8.03. The van der Waals surface area contributed by atoms with Crippen LogP contribution < -0.4 is 0 Å². The monoisotopic (exact) mass is 410 g/mol. The lowest BCUT2D eigenvalue weighted by atomic mass is 10.1. The van der Waals surface area contributed by atoms with E-state index in [4.69, 9.17) is 4.42 Å². The van der Waals surface area contributed by atoms with Gasteiger partial charge in [0, 0.05) is 12.5 Å². The number of rotatable bonds is 6. The number of aromatic nitrogens is 1. The number of nitrogens with zero attached hydrogens (tertiary/aromatic N) is 2. The fourth-order valence-corrected chi connectivity index (χ4v) is 4.21. The van der Waals surface area contributed by atoms with E-state index in [9.17, 15) is 4.79 Å². The molecule has 0 N–H and O–H groups in total. The summed E-state index contributed by atoms with van der Waals surface area (Å²) in [7, 11) is 0. The summed E-state index contributed by atoms with van der Waals surface area (Å²) in [5.41, 5.74) is 6.31. The Kier molecular flexibility index (Phi) is 5.06. The third-order valence-corrected chi connectivity index (χ3v) is 6.05. The van der Waals surface area contributed by atoms with E-state index in [1.165, 1.54) is 11.1 Å². The molecule has 0 aliphatic heterocycles. The topological polar surface area (TPSA) is 46.3 Å². The van der Waals surface area contributed by atoms with Gasteiger partial charge in [-0.1, -0.05) is 66.2 Å². The predicted molar refractivity (Wildman–Crippen MR) is 121 cm³/mol. The molecule has 1 aliphatic carbocycles. The van der Waals surface area contributed by atoms with Crippen LogP contribution in [-0.2, 0) is 17.9 Å². The van der Waals surface area contributed by atoms with Gasteiger partial charge in [-0.15, -0.1) is 0 Å². The summed E-state index contributed by atoms with van der Waals surface area (Å²) in [6.07, 6.45) is 0.903. The number of carbonyl (C=O) groups excluding carboxylic acids is 1. The van der Waals surface area contributed by atoms with Gasteiger partial charge in [-0.05, 0) is 55.0 Å². The number of fused-ring (bicyclic) bond motifs is 1. The molecule has 156 valence electrons. The van der Waals surface area contributed by atoms with Crippen LogP contribution in [-0.4, -0.2) is 15.8 Å². The van der Waals surface area contributed by atoms with Crippen molar-refractivity contribution < 1.29 is 9.21 Å². The van der Waals surface area contributed by atoms with Gasteiger partial charge in [0.25, 0.3) is 0 Å². The second-order valence-electron chi connectivity index (χ2n) is 8.62. The highest BCUT2D eigenvalue weighted by Crippen LogP contribution is 2.48. The average molecular weight is 411 g/mol. The van der Waals surface area contributed by atoms with E-state index < -0.39 is 0 Å².